The summed E-state index contributed by atoms with van der Waals surface area (Å²) in [5.41, 5.74) is 6.14. The molecule has 0 saturated carbocycles. The molecule has 0 aliphatic rings. The Morgan fingerprint density at radius 3 is 1.21 bits per heavy atom. The summed E-state index contributed by atoms with van der Waals surface area (Å²) < 4.78 is 0. The van der Waals surface area contributed by atoms with Crippen LogP contribution in [-0.2, 0) is 24.0 Å². The first-order valence-corrected chi connectivity index (χ1v) is 17.0. The summed E-state index contributed by atoms with van der Waals surface area (Å²) in [4.78, 5) is 90.2. The van der Waals surface area contributed by atoms with Crippen molar-refractivity contribution in [1.82, 2.24) is 10.6 Å². The average molecular weight is 740 g/mol. The van der Waals surface area contributed by atoms with Gasteiger partial charge in [-0.25, -0.2) is 9.59 Å². The third-order valence-electron chi connectivity index (χ3n) is 7.23. The van der Waals surface area contributed by atoms with Crippen LogP contribution >= 0.6 is 7.92 Å². The lowest BCUT2D eigenvalue weighted by molar-refractivity contribution is -0.141. The van der Waals surface area contributed by atoms with Crippen molar-refractivity contribution in [1.29, 1.82) is 0 Å². The summed E-state index contributed by atoms with van der Waals surface area (Å²) in [7, 11) is -1.28. The first kappa shape index (κ1) is 42.0. The van der Waals surface area contributed by atoms with Crippen LogP contribution in [0.3, 0.4) is 0 Å². The van der Waals surface area contributed by atoms with Crippen LogP contribution in [0.2, 0.25) is 0 Å². The second kappa shape index (κ2) is 20.5. The molecule has 0 spiro atoms. The molecule has 17 heteroatoms. The third-order valence-corrected chi connectivity index (χ3v) is 9.67. The first-order chi connectivity index (χ1) is 24.5. The Morgan fingerprint density at radius 1 is 0.558 bits per heavy atom. The van der Waals surface area contributed by atoms with Crippen LogP contribution in [0.5, 0.6) is 0 Å². The van der Waals surface area contributed by atoms with Gasteiger partial charge in [-0.15, -0.1) is 0 Å². The number of amides is 3. The molecule has 0 saturated heterocycles. The molecule has 3 aromatic carbocycles. The highest BCUT2D eigenvalue weighted by Crippen LogP contribution is 2.33. The number of carboxylic acid groups (broad SMARTS) is 5. The van der Waals surface area contributed by atoms with E-state index in [1.807, 2.05) is 0 Å². The average Bonchev–Trinajstić information content (AvgIpc) is 3.09. The summed E-state index contributed by atoms with van der Waals surface area (Å²) in [6.45, 7) is 1.65. The number of carboxylic acids is 5. The highest BCUT2D eigenvalue weighted by atomic mass is 31.1. The predicted molar refractivity (Wildman–Crippen MR) is 188 cm³/mol. The molecule has 0 bridgehead atoms. The number of nitrogens with one attached hydrogen (secondary N) is 2. The summed E-state index contributed by atoms with van der Waals surface area (Å²) >= 11 is 0. The molecule has 0 aliphatic carbocycles. The van der Waals surface area contributed by atoms with Gasteiger partial charge in [0.1, 0.15) is 12.1 Å². The van der Waals surface area contributed by atoms with Crippen LogP contribution in [0.15, 0.2) is 72.8 Å². The number of primary amides is 1. The number of aliphatic carboxylic acids is 5. The third kappa shape index (κ3) is 13.6. The minimum absolute atomic E-state index is 0.0632. The molecule has 0 fully saturated rings. The van der Waals surface area contributed by atoms with E-state index in [2.05, 4.69) is 10.6 Å². The van der Waals surface area contributed by atoms with Crippen molar-refractivity contribution in [2.45, 2.75) is 57.5 Å². The number of carbonyl (C=O) groups is 8. The van der Waals surface area contributed by atoms with E-state index in [4.69, 9.17) is 21.1 Å². The maximum absolute atomic E-state index is 12.7. The Labute approximate surface area is 298 Å². The summed E-state index contributed by atoms with van der Waals surface area (Å²) in [5.74, 6) is -7.35. The highest BCUT2D eigenvalue weighted by Gasteiger charge is 2.23. The molecular formula is C35H38N3O13P. The van der Waals surface area contributed by atoms with Gasteiger partial charge in [0.2, 0.25) is 5.91 Å². The quantitative estimate of drug-likeness (QED) is 0.0860. The van der Waals surface area contributed by atoms with E-state index in [0.29, 0.717) is 5.56 Å². The van der Waals surface area contributed by atoms with Crippen LogP contribution in [0.1, 0.15) is 76.5 Å². The molecule has 3 unspecified atom stereocenters. The zero-order valence-electron chi connectivity index (χ0n) is 27.9. The van der Waals surface area contributed by atoms with E-state index < -0.39 is 74.0 Å². The molecule has 3 rings (SSSR count). The largest absolute Gasteiger partial charge is 0.481 e. The van der Waals surface area contributed by atoms with Gasteiger partial charge in [-0.3, -0.25) is 28.8 Å². The van der Waals surface area contributed by atoms with Crippen molar-refractivity contribution in [3.8, 4) is 0 Å². The smallest absolute Gasteiger partial charge is 0.326 e. The van der Waals surface area contributed by atoms with Crippen LogP contribution in [0.4, 0.5) is 0 Å². The van der Waals surface area contributed by atoms with Gasteiger partial charge >= 0.3 is 29.8 Å². The molecule has 0 radical (unpaired) electrons. The normalized spacial score (nSPS) is 12.1. The van der Waals surface area contributed by atoms with Crippen molar-refractivity contribution in [2.75, 3.05) is 0 Å². The first-order valence-electron chi connectivity index (χ1n) is 15.7. The van der Waals surface area contributed by atoms with Gasteiger partial charge in [0.25, 0.3) is 11.8 Å². The fraction of sp³-hybridized carbons (Fsp3) is 0.257. The van der Waals surface area contributed by atoms with Gasteiger partial charge in [-0.05, 0) is 79.5 Å². The number of rotatable bonds is 18. The number of nitrogens with two attached hydrogens (primary N) is 1. The Balaban J connectivity index is 0.000000916. The molecule has 3 amide bonds. The number of benzene rings is 3. The minimum Gasteiger partial charge on any atom is -0.481 e. The van der Waals surface area contributed by atoms with Crippen LogP contribution in [0.25, 0.3) is 0 Å². The molecule has 276 valence electrons. The van der Waals surface area contributed by atoms with Crippen molar-refractivity contribution in [3.05, 3.63) is 89.5 Å². The summed E-state index contributed by atoms with van der Waals surface area (Å²) in [5, 5.41) is 50.8. The van der Waals surface area contributed by atoms with Gasteiger partial charge in [0.05, 0.1) is 0 Å². The van der Waals surface area contributed by atoms with E-state index in [0.717, 1.165) is 15.9 Å². The van der Waals surface area contributed by atoms with Crippen LogP contribution in [-0.4, -0.2) is 85.2 Å². The molecule has 9 N–H and O–H groups in total. The summed E-state index contributed by atoms with van der Waals surface area (Å²) in [6, 6.07) is 17.4. The SMILES string of the molecule is CCC(NC(=O)c1ccc(P(c2ccc(C(N)=O)cc2)c2ccc(C(=O)NC(CCC(=O)O)C(=O)O)cc2)cc1)C(=O)O.O=C(O)CCCC(=O)O. The summed E-state index contributed by atoms with van der Waals surface area (Å²) in [6.07, 6.45) is -0.388. The molecule has 0 heterocycles. The van der Waals surface area contributed by atoms with E-state index in [1.54, 1.807) is 67.6 Å². The van der Waals surface area contributed by atoms with Crippen molar-refractivity contribution in [3.63, 3.8) is 0 Å². The van der Waals surface area contributed by atoms with Crippen molar-refractivity contribution in [2.24, 2.45) is 5.73 Å². The highest BCUT2D eigenvalue weighted by molar-refractivity contribution is 7.79. The Kier molecular flexibility index (Phi) is 16.6. The molecule has 3 atom stereocenters. The predicted octanol–water partition coefficient (Wildman–Crippen LogP) is 1.51. The molecular weight excluding hydrogens is 701 g/mol. The lowest BCUT2D eigenvalue weighted by Gasteiger charge is -2.20. The monoisotopic (exact) mass is 739 g/mol. The number of hydrogen-bond acceptors (Lipinski definition) is 8. The lowest BCUT2D eigenvalue weighted by atomic mass is 10.1. The van der Waals surface area contributed by atoms with Gasteiger partial charge in [0.15, 0.2) is 0 Å². The van der Waals surface area contributed by atoms with Gasteiger partial charge in [-0.1, -0.05) is 43.3 Å². The topological polar surface area (TPSA) is 288 Å². The second-order valence-corrected chi connectivity index (χ2v) is 13.3. The Bertz CT molecular complexity index is 1750. The minimum atomic E-state index is -1.37. The molecule has 52 heavy (non-hydrogen) atoms. The maximum atomic E-state index is 12.7. The van der Waals surface area contributed by atoms with Crippen molar-refractivity contribution < 1.29 is 63.9 Å². The van der Waals surface area contributed by atoms with Crippen molar-refractivity contribution >= 4 is 71.4 Å². The standard InChI is InChI=1S/C30H30N3O9P.C5H8O4/c1-2-23(29(39)40)32-27(37)18-5-11-21(12-6-18)43(20-9-3-17(4-10-20)26(31)36)22-13-7-19(8-14-22)28(38)33-24(30(41)42)15-16-25(34)35;6-4(7)2-1-3-5(8)9/h3-14,23-24H,2,15-16H2,1H3,(H2,31,36)(H,32,37)(H,33,38)(H,34,35)(H,39,40)(H,41,42);1-3H2,(H,6,7)(H,8,9). The molecule has 3 aromatic rings. The number of hydrogen-bond donors (Lipinski definition) is 8. The molecule has 16 nitrogen and oxygen atoms in total. The van der Waals surface area contributed by atoms with E-state index in [9.17, 15) is 48.6 Å². The van der Waals surface area contributed by atoms with E-state index in [1.165, 1.54) is 12.1 Å². The van der Waals surface area contributed by atoms with Crippen LogP contribution in [0, 0.1) is 0 Å². The fourth-order valence-corrected chi connectivity index (χ4v) is 6.72. The Morgan fingerprint density at radius 2 is 0.904 bits per heavy atom. The maximum Gasteiger partial charge on any atom is 0.326 e. The van der Waals surface area contributed by atoms with E-state index >= 15 is 0 Å². The van der Waals surface area contributed by atoms with E-state index in [-0.39, 0.29) is 43.2 Å². The zero-order chi connectivity index (χ0) is 39.0. The number of carbonyl (C=O) groups excluding carboxylic acids is 3. The van der Waals surface area contributed by atoms with Crippen LogP contribution < -0.4 is 32.3 Å². The zero-order valence-corrected chi connectivity index (χ0v) is 28.7. The molecule has 0 aliphatic heterocycles. The Hall–Kier alpha value is -6.15. The second-order valence-electron chi connectivity index (χ2n) is 11.1. The van der Waals surface area contributed by atoms with Gasteiger partial charge in [0, 0.05) is 36.0 Å². The fourth-order valence-electron chi connectivity index (χ4n) is 4.48. The molecule has 0 aromatic heterocycles. The van der Waals surface area contributed by atoms with Gasteiger partial charge in [-0.2, -0.15) is 0 Å². The lowest BCUT2D eigenvalue weighted by Crippen LogP contribution is -2.41. The van der Waals surface area contributed by atoms with Gasteiger partial charge < -0.3 is 41.9 Å².